The molecule has 0 aliphatic rings. The molecule has 4 nitrogen and oxygen atoms in total. The van der Waals surface area contributed by atoms with Crippen molar-refractivity contribution in [3.05, 3.63) is 64.6 Å². The number of aromatic nitrogens is 2. The molecule has 0 aliphatic heterocycles. The van der Waals surface area contributed by atoms with Gasteiger partial charge in [0.25, 0.3) is 5.91 Å². The van der Waals surface area contributed by atoms with Crippen molar-refractivity contribution in [3.8, 4) is 0 Å². The fourth-order valence-electron chi connectivity index (χ4n) is 2.45. The first kappa shape index (κ1) is 14.6. The normalized spacial score (nSPS) is 10.9. The molecule has 0 spiro atoms. The second-order valence-electron chi connectivity index (χ2n) is 5.10. The molecule has 2 heterocycles. The van der Waals surface area contributed by atoms with Gasteiger partial charge in [0.1, 0.15) is 11.3 Å². The number of nitrogens with one attached hydrogen (secondary N) is 1. The van der Waals surface area contributed by atoms with Crippen molar-refractivity contribution in [2.45, 2.75) is 20.3 Å². The molecule has 5 heteroatoms. The molecule has 3 aromatic rings. The van der Waals surface area contributed by atoms with Gasteiger partial charge < -0.3 is 5.32 Å². The number of anilines is 1. The third kappa shape index (κ3) is 2.57. The largest absolute Gasteiger partial charge is 0.320 e. The highest BCUT2D eigenvalue weighted by atomic mass is 35.5. The predicted molar refractivity (Wildman–Crippen MR) is 88.7 cm³/mol. The van der Waals surface area contributed by atoms with Gasteiger partial charge in [0.05, 0.1) is 5.69 Å². The molecular formula is C17H16ClN3O. The summed E-state index contributed by atoms with van der Waals surface area (Å²) in [4.78, 5) is 17.2. The van der Waals surface area contributed by atoms with Crippen LogP contribution in [0, 0.1) is 6.92 Å². The maximum Gasteiger partial charge on any atom is 0.274 e. The molecule has 0 atom stereocenters. The zero-order valence-corrected chi connectivity index (χ0v) is 13.2. The average Bonchev–Trinajstić information content (AvgIpc) is 2.87. The highest BCUT2D eigenvalue weighted by Crippen LogP contribution is 2.20. The molecule has 1 amide bonds. The summed E-state index contributed by atoms with van der Waals surface area (Å²) in [7, 11) is 0. The summed E-state index contributed by atoms with van der Waals surface area (Å²) in [6.45, 7) is 3.94. The number of carbonyl (C=O) groups excluding carboxylic acids is 1. The van der Waals surface area contributed by atoms with Crippen LogP contribution < -0.4 is 5.32 Å². The first-order valence-corrected chi connectivity index (χ1v) is 7.51. The van der Waals surface area contributed by atoms with Gasteiger partial charge in [0, 0.05) is 23.0 Å². The SMILES string of the molecule is CCc1nc2cc(Cl)ccn2c1C(=O)Nc1ccccc1C. The Morgan fingerprint density at radius 1 is 1.32 bits per heavy atom. The van der Waals surface area contributed by atoms with E-state index in [1.807, 2.05) is 38.1 Å². The number of carbonyl (C=O) groups is 1. The number of aryl methyl sites for hydroxylation is 2. The lowest BCUT2D eigenvalue weighted by atomic mass is 10.2. The lowest BCUT2D eigenvalue weighted by Crippen LogP contribution is -2.16. The van der Waals surface area contributed by atoms with Gasteiger partial charge in [-0.25, -0.2) is 4.98 Å². The molecule has 0 saturated carbocycles. The number of hydrogen-bond acceptors (Lipinski definition) is 2. The van der Waals surface area contributed by atoms with Crippen molar-refractivity contribution in [2.24, 2.45) is 0 Å². The number of fused-ring (bicyclic) bond motifs is 1. The Morgan fingerprint density at radius 3 is 2.82 bits per heavy atom. The topological polar surface area (TPSA) is 46.4 Å². The quantitative estimate of drug-likeness (QED) is 0.791. The van der Waals surface area contributed by atoms with E-state index in [4.69, 9.17) is 11.6 Å². The van der Waals surface area contributed by atoms with Crippen molar-refractivity contribution in [1.82, 2.24) is 9.38 Å². The first-order chi connectivity index (χ1) is 10.6. The highest BCUT2D eigenvalue weighted by molar-refractivity contribution is 6.30. The zero-order chi connectivity index (χ0) is 15.7. The summed E-state index contributed by atoms with van der Waals surface area (Å²) in [6.07, 6.45) is 2.45. The maximum atomic E-state index is 12.7. The van der Waals surface area contributed by atoms with Crippen LogP contribution in [0.1, 0.15) is 28.7 Å². The fourth-order valence-corrected chi connectivity index (χ4v) is 2.60. The minimum absolute atomic E-state index is 0.166. The van der Waals surface area contributed by atoms with E-state index in [-0.39, 0.29) is 5.91 Å². The summed E-state index contributed by atoms with van der Waals surface area (Å²) in [5.41, 5.74) is 3.81. The Hall–Kier alpha value is -2.33. The van der Waals surface area contributed by atoms with Gasteiger partial charge in [0.15, 0.2) is 0 Å². The van der Waals surface area contributed by atoms with E-state index in [0.717, 1.165) is 16.9 Å². The lowest BCUT2D eigenvalue weighted by Gasteiger charge is -2.09. The Morgan fingerprint density at radius 2 is 2.09 bits per heavy atom. The van der Waals surface area contributed by atoms with Crippen LogP contribution in [0.4, 0.5) is 5.69 Å². The van der Waals surface area contributed by atoms with Gasteiger partial charge in [-0.3, -0.25) is 9.20 Å². The van der Waals surface area contributed by atoms with Gasteiger partial charge in [0.2, 0.25) is 0 Å². The maximum absolute atomic E-state index is 12.7. The van der Waals surface area contributed by atoms with Crippen LogP contribution in [-0.4, -0.2) is 15.3 Å². The number of pyridine rings is 1. The van der Waals surface area contributed by atoms with Crippen LogP contribution in [0.25, 0.3) is 5.65 Å². The van der Waals surface area contributed by atoms with Gasteiger partial charge in [-0.15, -0.1) is 0 Å². The molecule has 1 N–H and O–H groups in total. The minimum Gasteiger partial charge on any atom is -0.320 e. The van der Waals surface area contributed by atoms with E-state index < -0.39 is 0 Å². The molecule has 0 aliphatic carbocycles. The van der Waals surface area contributed by atoms with E-state index in [9.17, 15) is 4.79 Å². The summed E-state index contributed by atoms with van der Waals surface area (Å²) in [5, 5.41) is 3.56. The molecule has 112 valence electrons. The third-order valence-electron chi connectivity index (χ3n) is 3.60. The monoisotopic (exact) mass is 313 g/mol. The van der Waals surface area contributed by atoms with E-state index in [0.29, 0.717) is 22.8 Å². The molecule has 1 aromatic carbocycles. The fraction of sp³-hybridized carbons (Fsp3) is 0.176. The zero-order valence-electron chi connectivity index (χ0n) is 12.4. The minimum atomic E-state index is -0.166. The van der Waals surface area contributed by atoms with Crippen molar-refractivity contribution in [1.29, 1.82) is 0 Å². The molecule has 0 saturated heterocycles. The second kappa shape index (κ2) is 5.81. The van der Waals surface area contributed by atoms with E-state index in [1.54, 1.807) is 22.7 Å². The third-order valence-corrected chi connectivity index (χ3v) is 3.84. The average molecular weight is 314 g/mol. The molecule has 2 aromatic heterocycles. The van der Waals surface area contributed by atoms with Crippen LogP contribution in [-0.2, 0) is 6.42 Å². The van der Waals surface area contributed by atoms with Crippen LogP contribution >= 0.6 is 11.6 Å². The predicted octanol–water partition coefficient (Wildman–Crippen LogP) is 4.11. The van der Waals surface area contributed by atoms with Crippen LogP contribution in [0.15, 0.2) is 42.6 Å². The Bertz CT molecular complexity index is 854. The van der Waals surface area contributed by atoms with Crippen LogP contribution in [0.3, 0.4) is 0 Å². The summed E-state index contributed by atoms with van der Waals surface area (Å²) in [5.74, 6) is -0.166. The highest BCUT2D eigenvalue weighted by Gasteiger charge is 2.18. The van der Waals surface area contributed by atoms with Gasteiger partial charge in [-0.1, -0.05) is 36.7 Å². The van der Waals surface area contributed by atoms with Crippen LogP contribution in [0.5, 0.6) is 0 Å². The van der Waals surface area contributed by atoms with E-state index in [1.165, 1.54) is 0 Å². The number of amides is 1. The van der Waals surface area contributed by atoms with Crippen molar-refractivity contribution >= 4 is 28.8 Å². The number of benzene rings is 1. The summed E-state index contributed by atoms with van der Waals surface area (Å²) < 4.78 is 1.78. The van der Waals surface area contributed by atoms with Crippen LogP contribution in [0.2, 0.25) is 5.02 Å². The molecule has 0 bridgehead atoms. The number of para-hydroxylation sites is 1. The van der Waals surface area contributed by atoms with Crippen molar-refractivity contribution in [2.75, 3.05) is 5.32 Å². The standard InChI is InChI=1S/C17H16ClN3O/c1-3-13-16(21-9-8-12(18)10-15(21)19-13)17(22)20-14-7-5-4-6-11(14)2/h4-10H,3H2,1-2H3,(H,20,22). The molecule has 0 unspecified atom stereocenters. The molecule has 22 heavy (non-hydrogen) atoms. The molecular weight excluding hydrogens is 298 g/mol. The first-order valence-electron chi connectivity index (χ1n) is 7.13. The molecule has 0 fully saturated rings. The van der Waals surface area contributed by atoms with E-state index in [2.05, 4.69) is 10.3 Å². The van der Waals surface area contributed by atoms with Crippen molar-refractivity contribution < 1.29 is 4.79 Å². The van der Waals surface area contributed by atoms with Gasteiger partial charge in [-0.05, 0) is 31.0 Å². The van der Waals surface area contributed by atoms with Crippen molar-refractivity contribution in [3.63, 3.8) is 0 Å². The summed E-state index contributed by atoms with van der Waals surface area (Å²) >= 11 is 6.00. The summed E-state index contributed by atoms with van der Waals surface area (Å²) in [6, 6.07) is 11.2. The Labute approximate surface area is 133 Å². The molecule has 3 rings (SSSR count). The smallest absolute Gasteiger partial charge is 0.274 e. The number of hydrogen-bond donors (Lipinski definition) is 1. The number of halogens is 1. The number of nitrogens with zero attached hydrogens (tertiary/aromatic N) is 2. The van der Waals surface area contributed by atoms with E-state index >= 15 is 0 Å². The molecule has 0 radical (unpaired) electrons. The van der Waals surface area contributed by atoms with Gasteiger partial charge >= 0.3 is 0 Å². The second-order valence-corrected chi connectivity index (χ2v) is 5.54. The Kier molecular flexibility index (Phi) is 3.86. The Balaban J connectivity index is 2.05. The van der Waals surface area contributed by atoms with Gasteiger partial charge in [-0.2, -0.15) is 0 Å². The number of rotatable bonds is 3. The lowest BCUT2D eigenvalue weighted by molar-refractivity contribution is 0.102. The number of imidazole rings is 1.